The second-order valence-corrected chi connectivity index (χ2v) is 12.3. The molecule has 2 aromatic rings. The highest BCUT2D eigenvalue weighted by Gasteiger charge is 2.40. The standard InChI is InChI=1S/C25H25ClF4N2O6S/c1-24(2,3)38-23(35)31-18-13-39(36,37)21-11-17(27)16(20(33)8-9-25(28,29)30)10-19(21)32(22(18)34)12-14-4-6-15(26)7-5-14/h4-7,10-11,18H,8-9,12-13H2,1-3H3,(H,31,35)/t18-/m0/s1. The molecular formula is C25H25ClF4N2O6S. The zero-order chi connectivity index (χ0) is 29.3. The Labute approximate surface area is 227 Å². The molecule has 0 unspecified atom stereocenters. The van der Waals surface area contributed by atoms with Gasteiger partial charge in [0, 0.05) is 11.4 Å². The summed E-state index contributed by atoms with van der Waals surface area (Å²) in [6.45, 7) is 4.37. The van der Waals surface area contributed by atoms with Crippen LogP contribution in [0.5, 0.6) is 0 Å². The number of carbonyl (C=O) groups is 3. The fourth-order valence-corrected chi connectivity index (χ4v) is 5.52. The molecule has 39 heavy (non-hydrogen) atoms. The Morgan fingerprint density at radius 1 is 1.13 bits per heavy atom. The van der Waals surface area contributed by atoms with Crippen LogP contribution in [0.15, 0.2) is 41.3 Å². The molecule has 1 atom stereocenters. The summed E-state index contributed by atoms with van der Waals surface area (Å²) < 4.78 is 84.6. The van der Waals surface area contributed by atoms with Gasteiger partial charge in [-0.2, -0.15) is 13.2 Å². The highest BCUT2D eigenvalue weighted by molar-refractivity contribution is 7.91. The lowest BCUT2D eigenvalue weighted by molar-refractivity contribution is -0.133. The maximum atomic E-state index is 14.9. The van der Waals surface area contributed by atoms with Crippen LogP contribution in [0, 0.1) is 5.82 Å². The molecule has 0 aromatic heterocycles. The van der Waals surface area contributed by atoms with Crippen molar-refractivity contribution in [3.8, 4) is 0 Å². The molecule has 0 saturated carbocycles. The minimum atomic E-state index is -4.68. The minimum absolute atomic E-state index is 0.299. The quantitative estimate of drug-likeness (QED) is 0.364. The molecular weight excluding hydrogens is 568 g/mol. The molecule has 3 rings (SSSR count). The lowest BCUT2D eigenvalue weighted by atomic mass is 10.0. The summed E-state index contributed by atoms with van der Waals surface area (Å²) in [6, 6.07) is 5.66. The van der Waals surface area contributed by atoms with Crippen LogP contribution in [0.1, 0.15) is 49.5 Å². The van der Waals surface area contributed by atoms with Gasteiger partial charge in [-0.1, -0.05) is 23.7 Å². The fraction of sp³-hybridized carbons (Fsp3) is 0.400. The van der Waals surface area contributed by atoms with Crippen LogP contribution in [0.3, 0.4) is 0 Å². The average molecular weight is 593 g/mol. The Hall–Kier alpha value is -3.19. The predicted octanol–water partition coefficient (Wildman–Crippen LogP) is 5.22. The first-order chi connectivity index (χ1) is 17.9. The van der Waals surface area contributed by atoms with E-state index in [9.17, 15) is 40.4 Å². The molecule has 0 radical (unpaired) electrons. The fourth-order valence-electron chi connectivity index (χ4n) is 3.78. The minimum Gasteiger partial charge on any atom is -0.444 e. The highest BCUT2D eigenvalue weighted by atomic mass is 35.5. The molecule has 2 aromatic carbocycles. The van der Waals surface area contributed by atoms with Gasteiger partial charge in [0.25, 0.3) is 5.91 Å². The predicted molar refractivity (Wildman–Crippen MR) is 134 cm³/mol. The number of anilines is 1. The summed E-state index contributed by atoms with van der Waals surface area (Å²) in [5, 5.41) is 2.60. The Morgan fingerprint density at radius 3 is 2.31 bits per heavy atom. The Kier molecular flexibility index (Phi) is 8.66. The van der Waals surface area contributed by atoms with E-state index < -0.39 is 86.0 Å². The van der Waals surface area contributed by atoms with E-state index in [1.54, 1.807) is 20.8 Å². The average Bonchev–Trinajstić information content (AvgIpc) is 2.85. The van der Waals surface area contributed by atoms with Crippen LogP contribution >= 0.6 is 11.6 Å². The van der Waals surface area contributed by atoms with E-state index in [0.717, 1.165) is 11.0 Å². The number of sulfone groups is 1. The molecule has 0 bridgehead atoms. The number of nitrogens with one attached hydrogen (secondary N) is 1. The van der Waals surface area contributed by atoms with Gasteiger partial charge in [0.15, 0.2) is 15.6 Å². The van der Waals surface area contributed by atoms with Crippen molar-refractivity contribution in [2.24, 2.45) is 0 Å². The third-order valence-electron chi connectivity index (χ3n) is 5.51. The van der Waals surface area contributed by atoms with Crippen molar-refractivity contribution in [3.63, 3.8) is 0 Å². The number of ether oxygens (including phenoxy) is 1. The topological polar surface area (TPSA) is 110 Å². The smallest absolute Gasteiger partial charge is 0.408 e. The van der Waals surface area contributed by atoms with Crippen LogP contribution < -0.4 is 10.2 Å². The van der Waals surface area contributed by atoms with Gasteiger partial charge >= 0.3 is 12.3 Å². The van der Waals surface area contributed by atoms with Crippen molar-refractivity contribution in [2.45, 2.75) is 62.9 Å². The number of Topliss-reactive ketones (excluding diaryl/α,β-unsaturated/α-hetero) is 1. The lowest BCUT2D eigenvalue weighted by Gasteiger charge is -2.27. The molecule has 1 aliphatic heterocycles. The highest BCUT2D eigenvalue weighted by Crippen LogP contribution is 2.35. The van der Waals surface area contributed by atoms with Gasteiger partial charge in [-0.25, -0.2) is 17.6 Å². The van der Waals surface area contributed by atoms with Gasteiger partial charge in [-0.15, -0.1) is 0 Å². The van der Waals surface area contributed by atoms with Crippen molar-refractivity contribution in [1.29, 1.82) is 0 Å². The number of nitrogens with zero attached hydrogens (tertiary/aromatic N) is 1. The number of carbonyl (C=O) groups excluding carboxylic acids is 3. The number of rotatable bonds is 6. The number of benzene rings is 2. The summed E-state index contributed by atoms with van der Waals surface area (Å²) in [5.41, 5.74) is -1.75. The first-order valence-electron chi connectivity index (χ1n) is 11.6. The number of hydrogen-bond donors (Lipinski definition) is 1. The van der Waals surface area contributed by atoms with Gasteiger partial charge in [0.05, 0.1) is 34.9 Å². The molecule has 2 amide bonds. The van der Waals surface area contributed by atoms with Gasteiger partial charge in [-0.05, 0) is 50.6 Å². The zero-order valence-corrected chi connectivity index (χ0v) is 22.6. The third-order valence-corrected chi connectivity index (χ3v) is 7.53. The zero-order valence-electron chi connectivity index (χ0n) is 21.1. The van der Waals surface area contributed by atoms with Gasteiger partial charge in [-0.3, -0.25) is 9.59 Å². The molecule has 0 saturated heterocycles. The summed E-state index contributed by atoms with van der Waals surface area (Å²) >= 11 is 5.92. The number of halogens is 5. The lowest BCUT2D eigenvalue weighted by Crippen LogP contribution is -2.51. The van der Waals surface area contributed by atoms with E-state index in [4.69, 9.17) is 16.3 Å². The van der Waals surface area contributed by atoms with Crippen LogP contribution in [-0.4, -0.2) is 49.8 Å². The monoisotopic (exact) mass is 592 g/mol. The molecule has 8 nitrogen and oxygen atoms in total. The SMILES string of the molecule is CC(C)(C)OC(=O)N[C@H]1CS(=O)(=O)c2cc(F)c(C(=O)CCC(F)(F)F)cc2N(Cc2ccc(Cl)cc2)C1=O. The molecule has 14 heteroatoms. The van der Waals surface area contributed by atoms with Crippen LogP contribution in [0.25, 0.3) is 0 Å². The van der Waals surface area contributed by atoms with Crippen molar-refractivity contribution >= 4 is 44.9 Å². The van der Waals surface area contributed by atoms with E-state index in [2.05, 4.69) is 5.32 Å². The van der Waals surface area contributed by atoms with E-state index in [1.807, 2.05) is 0 Å². The van der Waals surface area contributed by atoms with Crippen molar-refractivity contribution in [1.82, 2.24) is 5.32 Å². The Morgan fingerprint density at radius 2 is 1.74 bits per heavy atom. The molecule has 0 aliphatic carbocycles. The second-order valence-electron chi connectivity index (χ2n) is 9.87. The van der Waals surface area contributed by atoms with E-state index >= 15 is 0 Å². The van der Waals surface area contributed by atoms with Gasteiger partial charge in [0.1, 0.15) is 17.5 Å². The molecule has 212 valence electrons. The molecule has 0 fully saturated rings. The number of amides is 2. The largest absolute Gasteiger partial charge is 0.444 e. The summed E-state index contributed by atoms with van der Waals surface area (Å²) in [5.74, 6) is -4.48. The van der Waals surface area contributed by atoms with E-state index in [1.165, 1.54) is 24.3 Å². The number of alkyl carbamates (subject to hydrolysis) is 1. The number of alkyl halides is 3. The molecule has 0 spiro atoms. The third kappa shape index (κ3) is 7.91. The molecule has 1 N–H and O–H groups in total. The van der Waals surface area contributed by atoms with Crippen molar-refractivity contribution in [2.75, 3.05) is 10.7 Å². The first-order valence-corrected chi connectivity index (χ1v) is 13.6. The number of ketones is 1. The maximum Gasteiger partial charge on any atom is 0.408 e. The molecule has 1 heterocycles. The summed E-state index contributed by atoms with van der Waals surface area (Å²) in [7, 11) is -4.47. The Balaban J connectivity index is 2.12. The molecule has 1 aliphatic rings. The maximum absolute atomic E-state index is 14.9. The van der Waals surface area contributed by atoms with Gasteiger partial charge < -0.3 is 15.0 Å². The number of hydrogen-bond acceptors (Lipinski definition) is 6. The van der Waals surface area contributed by atoms with Gasteiger partial charge in [0.2, 0.25) is 0 Å². The van der Waals surface area contributed by atoms with Crippen LogP contribution in [0.2, 0.25) is 5.02 Å². The number of fused-ring (bicyclic) bond motifs is 1. The van der Waals surface area contributed by atoms with Crippen molar-refractivity contribution < 1.29 is 45.1 Å². The van der Waals surface area contributed by atoms with Crippen LogP contribution in [0.4, 0.5) is 28.0 Å². The van der Waals surface area contributed by atoms with Crippen LogP contribution in [-0.2, 0) is 25.9 Å². The van der Waals surface area contributed by atoms with Crippen molar-refractivity contribution in [3.05, 3.63) is 58.4 Å². The van der Waals surface area contributed by atoms with E-state index in [-0.39, 0.29) is 6.54 Å². The van der Waals surface area contributed by atoms with E-state index in [0.29, 0.717) is 16.7 Å². The normalized spacial score (nSPS) is 17.3. The Bertz CT molecular complexity index is 1390. The summed E-state index contributed by atoms with van der Waals surface area (Å²) in [6.07, 6.45) is -8.36. The second kappa shape index (κ2) is 11.1. The summed E-state index contributed by atoms with van der Waals surface area (Å²) in [4.78, 5) is 38.8. The first kappa shape index (κ1) is 30.4.